The number of rotatable bonds is 2. The molecule has 0 fully saturated rings. The molecular weight excluding hydrogens is 202 g/mol. The van der Waals surface area contributed by atoms with E-state index in [0.717, 1.165) is 16.3 Å². The third-order valence-electron chi connectivity index (χ3n) is 2.72. The molecule has 0 N–H and O–H groups in total. The maximum absolute atomic E-state index is 11.4. The molecular formula is C13H13NO2. The zero-order valence-corrected chi connectivity index (χ0v) is 9.31. The van der Waals surface area contributed by atoms with Crippen LogP contribution in [-0.2, 0) is 9.53 Å². The van der Waals surface area contributed by atoms with Gasteiger partial charge in [0.2, 0.25) is 0 Å². The highest BCUT2D eigenvalue weighted by molar-refractivity contribution is 5.85. The van der Waals surface area contributed by atoms with Gasteiger partial charge in [0.25, 0.3) is 0 Å². The van der Waals surface area contributed by atoms with Crippen LogP contribution < -0.4 is 0 Å². The summed E-state index contributed by atoms with van der Waals surface area (Å²) in [5, 5.41) is 2.16. The van der Waals surface area contributed by atoms with Gasteiger partial charge in [0.05, 0.1) is 13.0 Å². The molecule has 0 aliphatic carbocycles. The van der Waals surface area contributed by atoms with Gasteiger partial charge in [0.1, 0.15) is 0 Å². The first-order chi connectivity index (χ1) is 7.72. The van der Waals surface area contributed by atoms with Crippen molar-refractivity contribution in [1.82, 2.24) is 4.98 Å². The normalized spacial score (nSPS) is 12.4. The molecule has 82 valence electrons. The molecule has 1 aromatic heterocycles. The molecule has 1 unspecified atom stereocenters. The van der Waals surface area contributed by atoms with Gasteiger partial charge in [-0.25, -0.2) is 0 Å². The molecule has 3 heteroatoms. The highest BCUT2D eigenvalue weighted by Crippen LogP contribution is 2.21. The van der Waals surface area contributed by atoms with Crippen LogP contribution in [0.15, 0.2) is 36.7 Å². The fourth-order valence-corrected chi connectivity index (χ4v) is 1.68. The summed E-state index contributed by atoms with van der Waals surface area (Å²) in [7, 11) is 1.41. The Morgan fingerprint density at radius 2 is 2.12 bits per heavy atom. The topological polar surface area (TPSA) is 39.2 Å². The van der Waals surface area contributed by atoms with Gasteiger partial charge in [-0.15, -0.1) is 0 Å². The molecule has 0 aliphatic rings. The predicted octanol–water partition coefficient (Wildman–Crippen LogP) is 2.51. The number of fused-ring (bicyclic) bond motifs is 1. The van der Waals surface area contributed by atoms with Crippen LogP contribution in [0.5, 0.6) is 0 Å². The van der Waals surface area contributed by atoms with Gasteiger partial charge in [0, 0.05) is 17.8 Å². The lowest BCUT2D eigenvalue weighted by Crippen LogP contribution is -2.10. The van der Waals surface area contributed by atoms with E-state index in [0.29, 0.717) is 0 Å². The first kappa shape index (κ1) is 10.6. The SMILES string of the molecule is COC(=O)C(C)c1ccc2cnccc2c1. The largest absolute Gasteiger partial charge is 0.469 e. The first-order valence-corrected chi connectivity index (χ1v) is 5.14. The Morgan fingerprint density at radius 3 is 2.88 bits per heavy atom. The van der Waals surface area contributed by atoms with E-state index in [-0.39, 0.29) is 11.9 Å². The van der Waals surface area contributed by atoms with Crippen LogP contribution in [0.2, 0.25) is 0 Å². The Kier molecular flexibility index (Phi) is 2.86. The number of pyridine rings is 1. The maximum atomic E-state index is 11.4. The van der Waals surface area contributed by atoms with Crippen molar-refractivity contribution in [3.8, 4) is 0 Å². The summed E-state index contributed by atoms with van der Waals surface area (Å²) >= 11 is 0. The Labute approximate surface area is 94.1 Å². The summed E-state index contributed by atoms with van der Waals surface area (Å²) in [6.45, 7) is 1.84. The van der Waals surface area contributed by atoms with Crippen molar-refractivity contribution in [1.29, 1.82) is 0 Å². The number of carbonyl (C=O) groups excluding carboxylic acids is 1. The van der Waals surface area contributed by atoms with Gasteiger partial charge >= 0.3 is 5.97 Å². The zero-order chi connectivity index (χ0) is 11.5. The summed E-state index contributed by atoms with van der Waals surface area (Å²) in [5.41, 5.74) is 0.963. The Hall–Kier alpha value is -1.90. The van der Waals surface area contributed by atoms with Crippen LogP contribution >= 0.6 is 0 Å². The van der Waals surface area contributed by atoms with E-state index in [9.17, 15) is 4.79 Å². The average molecular weight is 215 g/mol. The Balaban J connectivity index is 2.43. The van der Waals surface area contributed by atoms with E-state index in [4.69, 9.17) is 4.74 Å². The highest BCUT2D eigenvalue weighted by atomic mass is 16.5. The maximum Gasteiger partial charge on any atom is 0.312 e. The van der Waals surface area contributed by atoms with E-state index < -0.39 is 0 Å². The van der Waals surface area contributed by atoms with E-state index >= 15 is 0 Å². The first-order valence-electron chi connectivity index (χ1n) is 5.14. The molecule has 2 aromatic rings. The van der Waals surface area contributed by atoms with Crippen molar-refractivity contribution in [2.24, 2.45) is 0 Å². The molecule has 3 nitrogen and oxygen atoms in total. The number of esters is 1. The highest BCUT2D eigenvalue weighted by Gasteiger charge is 2.15. The van der Waals surface area contributed by atoms with Crippen LogP contribution in [-0.4, -0.2) is 18.1 Å². The average Bonchev–Trinajstić information content (AvgIpc) is 2.36. The van der Waals surface area contributed by atoms with Crippen LogP contribution in [0.4, 0.5) is 0 Å². The van der Waals surface area contributed by atoms with Crippen molar-refractivity contribution in [2.45, 2.75) is 12.8 Å². The number of hydrogen-bond acceptors (Lipinski definition) is 3. The number of carbonyl (C=O) groups is 1. The number of aromatic nitrogens is 1. The molecule has 0 amide bonds. The van der Waals surface area contributed by atoms with Crippen molar-refractivity contribution in [2.75, 3.05) is 7.11 Å². The van der Waals surface area contributed by atoms with Crippen molar-refractivity contribution < 1.29 is 9.53 Å². The van der Waals surface area contributed by atoms with E-state index in [1.54, 1.807) is 6.20 Å². The van der Waals surface area contributed by atoms with Crippen LogP contribution in [0, 0.1) is 0 Å². The summed E-state index contributed by atoms with van der Waals surface area (Å²) in [5.74, 6) is -0.448. The molecule has 0 spiro atoms. The van der Waals surface area contributed by atoms with E-state index in [2.05, 4.69) is 4.98 Å². The number of nitrogens with zero attached hydrogens (tertiary/aromatic N) is 1. The van der Waals surface area contributed by atoms with Gasteiger partial charge in [-0.1, -0.05) is 18.2 Å². The van der Waals surface area contributed by atoms with Crippen molar-refractivity contribution >= 4 is 16.7 Å². The molecule has 0 bridgehead atoms. The molecule has 0 saturated carbocycles. The smallest absolute Gasteiger partial charge is 0.312 e. The van der Waals surface area contributed by atoms with Crippen LogP contribution in [0.3, 0.4) is 0 Å². The fraction of sp³-hybridized carbons (Fsp3) is 0.231. The quantitative estimate of drug-likeness (QED) is 0.722. The lowest BCUT2D eigenvalue weighted by atomic mass is 9.99. The van der Waals surface area contributed by atoms with E-state index in [1.165, 1.54) is 7.11 Å². The lowest BCUT2D eigenvalue weighted by Gasteiger charge is -2.10. The minimum absolute atomic E-state index is 0.214. The minimum Gasteiger partial charge on any atom is -0.469 e. The molecule has 1 atom stereocenters. The van der Waals surface area contributed by atoms with Gasteiger partial charge < -0.3 is 4.74 Å². The van der Waals surface area contributed by atoms with Crippen LogP contribution in [0.1, 0.15) is 18.4 Å². The minimum atomic E-state index is -0.234. The second-order valence-electron chi connectivity index (χ2n) is 3.73. The number of methoxy groups -OCH3 is 1. The number of ether oxygens (including phenoxy) is 1. The predicted molar refractivity (Wildman–Crippen MR) is 62.2 cm³/mol. The monoisotopic (exact) mass is 215 g/mol. The third kappa shape index (κ3) is 1.89. The summed E-state index contributed by atoms with van der Waals surface area (Å²) in [6.07, 6.45) is 3.55. The van der Waals surface area contributed by atoms with Crippen molar-refractivity contribution in [3.63, 3.8) is 0 Å². The molecule has 0 aliphatic heterocycles. The molecule has 0 radical (unpaired) electrons. The van der Waals surface area contributed by atoms with E-state index in [1.807, 2.05) is 37.4 Å². The molecule has 1 heterocycles. The zero-order valence-electron chi connectivity index (χ0n) is 9.31. The van der Waals surface area contributed by atoms with Gasteiger partial charge in [-0.3, -0.25) is 9.78 Å². The Morgan fingerprint density at radius 1 is 1.31 bits per heavy atom. The molecule has 2 rings (SSSR count). The standard InChI is InChI=1S/C13H13NO2/c1-9(13(15)16-2)10-3-4-12-8-14-6-5-11(12)7-10/h3-9H,1-2H3. The molecule has 1 aromatic carbocycles. The second-order valence-corrected chi connectivity index (χ2v) is 3.73. The summed E-state index contributed by atoms with van der Waals surface area (Å²) in [4.78, 5) is 15.5. The third-order valence-corrected chi connectivity index (χ3v) is 2.72. The summed E-state index contributed by atoms with van der Waals surface area (Å²) < 4.78 is 4.73. The summed E-state index contributed by atoms with van der Waals surface area (Å²) in [6, 6.07) is 7.84. The lowest BCUT2D eigenvalue weighted by molar-refractivity contribution is -0.141. The molecule has 0 saturated heterocycles. The number of benzene rings is 1. The van der Waals surface area contributed by atoms with Gasteiger partial charge in [-0.2, -0.15) is 0 Å². The van der Waals surface area contributed by atoms with Gasteiger partial charge in [0.15, 0.2) is 0 Å². The van der Waals surface area contributed by atoms with Crippen LogP contribution in [0.25, 0.3) is 10.8 Å². The second kappa shape index (κ2) is 4.31. The van der Waals surface area contributed by atoms with Gasteiger partial charge in [-0.05, 0) is 23.9 Å². The number of hydrogen-bond donors (Lipinski definition) is 0. The Bertz CT molecular complexity index is 522. The molecule has 16 heavy (non-hydrogen) atoms. The fourth-order valence-electron chi connectivity index (χ4n) is 1.68. The van der Waals surface area contributed by atoms with Crippen molar-refractivity contribution in [3.05, 3.63) is 42.2 Å².